The van der Waals surface area contributed by atoms with Crippen molar-refractivity contribution in [2.75, 3.05) is 7.11 Å². The number of methoxy groups -OCH3 is 1. The van der Waals surface area contributed by atoms with Crippen LogP contribution < -0.4 is 0 Å². The molecule has 1 atom stereocenters. The molecular weight excluding hydrogens is 144 g/mol. The van der Waals surface area contributed by atoms with E-state index < -0.39 is 0 Å². The predicted octanol–water partition coefficient (Wildman–Crippen LogP) is 1.24. The number of allylic oxidation sites excluding steroid dienone is 1. The van der Waals surface area contributed by atoms with Crippen LogP contribution >= 0.6 is 0 Å². The smallest absolute Gasteiger partial charge is 0.240 e. The number of carbonyl (C=O) groups excluding carboxylic acids is 1. The summed E-state index contributed by atoms with van der Waals surface area (Å²) in [5.41, 5.74) is 0. The average Bonchev–Trinajstić information content (AvgIpc) is 2.28. The van der Waals surface area contributed by atoms with Crippen molar-refractivity contribution in [2.24, 2.45) is 0 Å². The van der Waals surface area contributed by atoms with Gasteiger partial charge >= 0.3 is 0 Å². The number of ether oxygens (including phenoxy) is 2. The predicted molar refractivity (Wildman–Crippen MR) is 39.9 cm³/mol. The molecule has 1 aliphatic rings. The lowest BCUT2D eigenvalue weighted by atomic mass is 10.2. The van der Waals surface area contributed by atoms with Crippen LogP contribution in [0.25, 0.3) is 0 Å². The van der Waals surface area contributed by atoms with E-state index in [1.807, 2.05) is 6.92 Å². The van der Waals surface area contributed by atoms with E-state index in [9.17, 15) is 4.79 Å². The van der Waals surface area contributed by atoms with E-state index >= 15 is 0 Å². The summed E-state index contributed by atoms with van der Waals surface area (Å²) < 4.78 is 10.1. The number of Topliss-reactive ketones (excluding diaryl/α,β-unsaturated/α-hetero) is 1. The zero-order chi connectivity index (χ0) is 8.43. The van der Waals surface area contributed by atoms with Gasteiger partial charge in [-0.15, -0.1) is 0 Å². The lowest BCUT2D eigenvalue weighted by Gasteiger charge is -2.01. The zero-order valence-electron chi connectivity index (χ0n) is 7.01. The van der Waals surface area contributed by atoms with Gasteiger partial charge in [0, 0.05) is 6.42 Å². The molecule has 0 aliphatic carbocycles. The minimum atomic E-state index is -0.361. The van der Waals surface area contributed by atoms with Crippen LogP contribution in [-0.4, -0.2) is 19.0 Å². The van der Waals surface area contributed by atoms with Crippen molar-refractivity contribution < 1.29 is 14.3 Å². The van der Waals surface area contributed by atoms with Crippen molar-refractivity contribution in [3.8, 4) is 0 Å². The van der Waals surface area contributed by atoms with Gasteiger partial charge in [0.05, 0.1) is 7.11 Å². The lowest BCUT2D eigenvalue weighted by Crippen LogP contribution is -2.13. The molecule has 0 amide bonds. The highest BCUT2D eigenvalue weighted by atomic mass is 16.5. The van der Waals surface area contributed by atoms with Crippen molar-refractivity contribution in [3.05, 3.63) is 11.5 Å². The summed E-state index contributed by atoms with van der Waals surface area (Å²) in [7, 11) is 1.49. The third-order valence-electron chi connectivity index (χ3n) is 1.69. The maximum atomic E-state index is 11.2. The molecular formula is C8H12O3. The molecule has 3 heteroatoms. The quantitative estimate of drug-likeness (QED) is 0.603. The van der Waals surface area contributed by atoms with Gasteiger partial charge in [0.15, 0.2) is 6.10 Å². The van der Waals surface area contributed by atoms with Crippen molar-refractivity contribution in [1.82, 2.24) is 0 Å². The van der Waals surface area contributed by atoms with Gasteiger partial charge in [-0.1, -0.05) is 6.92 Å². The topological polar surface area (TPSA) is 35.5 Å². The first kappa shape index (κ1) is 8.11. The van der Waals surface area contributed by atoms with Crippen molar-refractivity contribution in [2.45, 2.75) is 26.4 Å². The van der Waals surface area contributed by atoms with Crippen molar-refractivity contribution in [3.63, 3.8) is 0 Å². The SMILES string of the molecule is CCC1=C(OC)C(=O)C(C)O1. The summed E-state index contributed by atoms with van der Waals surface area (Å²) in [6.45, 7) is 3.66. The maximum absolute atomic E-state index is 11.2. The molecule has 1 heterocycles. The second kappa shape index (κ2) is 2.95. The summed E-state index contributed by atoms with van der Waals surface area (Å²) in [6, 6.07) is 0. The Labute approximate surface area is 66.0 Å². The molecule has 1 rings (SSSR count). The van der Waals surface area contributed by atoms with Gasteiger partial charge in [-0.25, -0.2) is 0 Å². The Kier molecular flexibility index (Phi) is 2.17. The Morgan fingerprint density at radius 3 is 2.64 bits per heavy atom. The van der Waals surface area contributed by atoms with Gasteiger partial charge in [-0.2, -0.15) is 0 Å². The van der Waals surface area contributed by atoms with Crippen LogP contribution in [0.15, 0.2) is 11.5 Å². The Morgan fingerprint density at radius 1 is 1.64 bits per heavy atom. The van der Waals surface area contributed by atoms with Gasteiger partial charge in [0.2, 0.25) is 11.5 Å². The summed E-state index contributed by atoms with van der Waals surface area (Å²) in [5, 5.41) is 0. The molecule has 62 valence electrons. The number of ketones is 1. The van der Waals surface area contributed by atoms with E-state index in [2.05, 4.69) is 0 Å². The molecule has 0 N–H and O–H groups in total. The summed E-state index contributed by atoms with van der Waals surface area (Å²) in [6.07, 6.45) is 0.346. The van der Waals surface area contributed by atoms with E-state index in [1.165, 1.54) is 7.11 Å². The van der Waals surface area contributed by atoms with E-state index in [0.717, 1.165) is 0 Å². The van der Waals surface area contributed by atoms with Crippen LogP contribution in [-0.2, 0) is 14.3 Å². The Balaban J connectivity index is 2.86. The van der Waals surface area contributed by atoms with E-state index in [1.54, 1.807) is 6.92 Å². The van der Waals surface area contributed by atoms with Gasteiger partial charge in [-0.3, -0.25) is 4.79 Å². The molecule has 0 aromatic carbocycles. The lowest BCUT2D eigenvalue weighted by molar-refractivity contribution is -0.122. The van der Waals surface area contributed by atoms with Crippen LogP contribution in [0, 0.1) is 0 Å². The van der Waals surface area contributed by atoms with Crippen molar-refractivity contribution in [1.29, 1.82) is 0 Å². The Morgan fingerprint density at radius 2 is 2.27 bits per heavy atom. The van der Waals surface area contributed by atoms with Crippen LogP contribution in [0.4, 0.5) is 0 Å². The van der Waals surface area contributed by atoms with Gasteiger partial charge in [0.25, 0.3) is 0 Å². The molecule has 1 aliphatic heterocycles. The normalized spacial score (nSPS) is 23.9. The van der Waals surface area contributed by atoms with Crippen LogP contribution in [0.3, 0.4) is 0 Å². The molecule has 0 saturated carbocycles. The highest BCUT2D eigenvalue weighted by Gasteiger charge is 2.31. The second-order valence-corrected chi connectivity index (χ2v) is 2.43. The molecule has 0 bridgehead atoms. The average molecular weight is 156 g/mol. The van der Waals surface area contributed by atoms with Gasteiger partial charge in [-0.05, 0) is 6.92 Å². The van der Waals surface area contributed by atoms with Crippen molar-refractivity contribution >= 4 is 5.78 Å². The van der Waals surface area contributed by atoms with Crippen LogP contribution in [0.5, 0.6) is 0 Å². The zero-order valence-corrected chi connectivity index (χ0v) is 7.01. The van der Waals surface area contributed by atoms with E-state index in [4.69, 9.17) is 9.47 Å². The van der Waals surface area contributed by atoms with Crippen LogP contribution in [0.2, 0.25) is 0 Å². The fourth-order valence-corrected chi connectivity index (χ4v) is 1.10. The second-order valence-electron chi connectivity index (χ2n) is 2.43. The number of hydrogen-bond donors (Lipinski definition) is 0. The number of hydrogen-bond acceptors (Lipinski definition) is 3. The standard InChI is InChI=1S/C8H12O3/c1-4-6-8(10-3)7(9)5(2)11-6/h5H,4H2,1-3H3. The first-order valence-electron chi connectivity index (χ1n) is 3.68. The monoisotopic (exact) mass is 156 g/mol. The molecule has 3 nitrogen and oxygen atoms in total. The highest BCUT2D eigenvalue weighted by Crippen LogP contribution is 2.23. The third kappa shape index (κ3) is 1.23. The molecule has 11 heavy (non-hydrogen) atoms. The summed E-state index contributed by atoms with van der Waals surface area (Å²) in [5.74, 6) is 1.01. The van der Waals surface area contributed by atoms with E-state index in [-0.39, 0.29) is 11.9 Å². The molecule has 0 aromatic heterocycles. The Hall–Kier alpha value is -0.990. The Bertz CT molecular complexity index is 205. The fourth-order valence-electron chi connectivity index (χ4n) is 1.10. The molecule has 0 saturated heterocycles. The fraction of sp³-hybridized carbons (Fsp3) is 0.625. The largest absolute Gasteiger partial charge is 0.490 e. The first-order chi connectivity index (χ1) is 5.20. The highest BCUT2D eigenvalue weighted by molar-refractivity contribution is 5.99. The molecule has 0 radical (unpaired) electrons. The molecule has 0 aromatic rings. The van der Waals surface area contributed by atoms with E-state index in [0.29, 0.717) is 17.9 Å². The summed E-state index contributed by atoms with van der Waals surface area (Å²) in [4.78, 5) is 11.2. The number of rotatable bonds is 2. The first-order valence-corrected chi connectivity index (χ1v) is 3.68. The third-order valence-corrected chi connectivity index (χ3v) is 1.69. The minimum Gasteiger partial charge on any atom is -0.490 e. The molecule has 0 fully saturated rings. The maximum Gasteiger partial charge on any atom is 0.240 e. The van der Waals surface area contributed by atoms with Gasteiger partial charge < -0.3 is 9.47 Å². The van der Waals surface area contributed by atoms with Crippen LogP contribution in [0.1, 0.15) is 20.3 Å². The van der Waals surface area contributed by atoms with Gasteiger partial charge in [0.1, 0.15) is 5.76 Å². The number of carbonyl (C=O) groups is 1. The summed E-state index contributed by atoms with van der Waals surface area (Å²) >= 11 is 0. The molecule has 1 unspecified atom stereocenters. The minimum absolute atomic E-state index is 0.0515. The molecule has 0 spiro atoms.